The molecule has 2 unspecified atom stereocenters. The van der Waals surface area contributed by atoms with Gasteiger partial charge in [0, 0.05) is 29.4 Å². The molecule has 0 saturated heterocycles. The van der Waals surface area contributed by atoms with E-state index in [-0.39, 0.29) is 41.6 Å². The summed E-state index contributed by atoms with van der Waals surface area (Å²) in [6.07, 6.45) is -0.243. The average molecular weight is 410 g/mol. The molecule has 0 saturated carbocycles. The number of ether oxygens (including phenoxy) is 2. The van der Waals surface area contributed by atoms with E-state index < -0.39 is 23.6 Å². The third kappa shape index (κ3) is 3.25. The fraction of sp³-hybridized carbons (Fsp3) is 0.417. The number of ketones is 1. The van der Waals surface area contributed by atoms with Crippen LogP contribution in [0.3, 0.4) is 0 Å². The molecule has 6 nitrogen and oxygen atoms in total. The Balaban J connectivity index is 2.01. The van der Waals surface area contributed by atoms with Crippen LogP contribution in [0.25, 0.3) is 0 Å². The predicted molar refractivity (Wildman–Crippen MR) is 110 cm³/mol. The second kappa shape index (κ2) is 7.13. The second-order valence-corrected chi connectivity index (χ2v) is 8.90. The van der Waals surface area contributed by atoms with Gasteiger partial charge in [0.1, 0.15) is 23.2 Å². The van der Waals surface area contributed by atoms with Gasteiger partial charge in [-0.2, -0.15) is 0 Å². The summed E-state index contributed by atoms with van der Waals surface area (Å²) >= 11 is 0. The van der Waals surface area contributed by atoms with Crippen molar-refractivity contribution < 1.29 is 29.3 Å². The molecule has 0 fully saturated rings. The summed E-state index contributed by atoms with van der Waals surface area (Å²) in [7, 11) is 0. The number of aromatic hydroxyl groups is 1. The van der Waals surface area contributed by atoms with E-state index in [9.17, 15) is 19.8 Å². The maximum Gasteiger partial charge on any atom is 0.312 e. The zero-order chi connectivity index (χ0) is 21.8. The van der Waals surface area contributed by atoms with Crippen LogP contribution in [0.4, 0.5) is 0 Å². The van der Waals surface area contributed by atoms with Gasteiger partial charge in [0.15, 0.2) is 11.5 Å². The highest BCUT2D eigenvalue weighted by molar-refractivity contribution is 6.05. The van der Waals surface area contributed by atoms with E-state index in [0.29, 0.717) is 16.9 Å². The van der Waals surface area contributed by atoms with Gasteiger partial charge in [-0.15, -0.1) is 0 Å². The van der Waals surface area contributed by atoms with E-state index in [0.717, 1.165) is 5.56 Å². The van der Waals surface area contributed by atoms with Crippen LogP contribution in [-0.4, -0.2) is 33.7 Å². The number of Topliss-reactive ketones (excluding diaryl/α,β-unsaturated/α-hetero) is 1. The van der Waals surface area contributed by atoms with Crippen molar-refractivity contribution in [1.29, 1.82) is 0 Å². The van der Waals surface area contributed by atoms with Gasteiger partial charge in [-0.25, -0.2) is 0 Å². The van der Waals surface area contributed by atoms with Gasteiger partial charge >= 0.3 is 5.97 Å². The largest absolute Gasteiger partial charge is 0.507 e. The van der Waals surface area contributed by atoms with Crippen molar-refractivity contribution in [2.45, 2.75) is 58.2 Å². The molecule has 2 aliphatic rings. The number of esters is 1. The smallest absolute Gasteiger partial charge is 0.312 e. The first-order valence-corrected chi connectivity index (χ1v) is 10.2. The molecule has 158 valence electrons. The van der Waals surface area contributed by atoms with E-state index in [1.807, 2.05) is 30.3 Å². The maximum absolute atomic E-state index is 13.0. The third-order valence-corrected chi connectivity index (χ3v) is 5.86. The first-order chi connectivity index (χ1) is 14.1. The highest BCUT2D eigenvalue weighted by Crippen LogP contribution is 2.55. The van der Waals surface area contributed by atoms with Crippen LogP contribution in [0.2, 0.25) is 0 Å². The van der Waals surface area contributed by atoms with Gasteiger partial charge in [0.2, 0.25) is 0 Å². The Bertz CT molecular complexity index is 1020. The highest BCUT2D eigenvalue weighted by Gasteiger charge is 2.45. The molecule has 0 spiro atoms. The summed E-state index contributed by atoms with van der Waals surface area (Å²) in [5, 5.41) is 21.6. The Morgan fingerprint density at radius 2 is 1.80 bits per heavy atom. The van der Waals surface area contributed by atoms with Crippen molar-refractivity contribution in [2.24, 2.45) is 5.92 Å². The molecule has 4 rings (SSSR count). The zero-order valence-corrected chi connectivity index (χ0v) is 17.6. The minimum absolute atomic E-state index is 0.0210. The Morgan fingerprint density at radius 3 is 2.40 bits per heavy atom. The quantitative estimate of drug-likeness (QED) is 0.453. The van der Waals surface area contributed by atoms with Gasteiger partial charge in [-0.3, -0.25) is 9.59 Å². The zero-order valence-electron chi connectivity index (χ0n) is 17.6. The fourth-order valence-electron chi connectivity index (χ4n) is 4.19. The number of fused-ring (bicyclic) bond motifs is 3. The topological polar surface area (TPSA) is 93.1 Å². The van der Waals surface area contributed by atoms with E-state index in [1.54, 1.807) is 27.7 Å². The van der Waals surface area contributed by atoms with Crippen molar-refractivity contribution in [3.05, 3.63) is 52.6 Å². The Hall–Kier alpha value is -2.86. The summed E-state index contributed by atoms with van der Waals surface area (Å²) in [5.41, 5.74) is 0.816. The minimum atomic E-state index is -1.16. The first kappa shape index (κ1) is 20.4. The summed E-state index contributed by atoms with van der Waals surface area (Å²) in [4.78, 5) is 25.5. The van der Waals surface area contributed by atoms with Crippen LogP contribution in [0.5, 0.6) is 17.2 Å². The SMILES string of the molecule is CC(C)C(=O)c1c(O)c2c(c3c1OC(=O)CC3c1ccccc1)OC(C(C)(C)O)C2. The van der Waals surface area contributed by atoms with Crippen LogP contribution >= 0.6 is 0 Å². The Labute approximate surface area is 175 Å². The number of hydrogen-bond donors (Lipinski definition) is 2. The number of carbonyl (C=O) groups excluding carboxylic acids is 2. The molecule has 2 atom stereocenters. The van der Waals surface area contributed by atoms with Crippen molar-refractivity contribution in [3.63, 3.8) is 0 Å². The van der Waals surface area contributed by atoms with Crippen LogP contribution < -0.4 is 9.47 Å². The molecule has 2 N–H and O–H groups in total. The summed E-state index contributed by atoms with van der Waals surface area (Å²) in [5.74, 6) is -1.30. The van der Waals surface area contributed by atoms with Gasteiger partial charge in [0.25, 0.3) is 0 Å². The normalized spacial score (nSPS) is 20.4. The van der Waals surface area contributed by atoms with E-state index in [4.69, 9.17) is 9.47 Å². The van der Waals surface area contributed by atoms with Crippen molar-refractivity contribution in [2.75, 3.05) is 0 Å². The number of carbonyl (C=O) groups is 2. The molecule has 0 radical (unpaired) electrons. The van der Waals surface area contributed by atoms with Crippen molar-refractivity contribution in [1.82, 2.24) is 0 Å². The first-order valence-electron chi connectivity index (χ1n) is 10.2. The van der Waals surface area contributed by atoms with Gasteiger partial charge < -0.3 is 19.7 Å². The van der Waals surface area contributed by atoms with Crippen molar-refractivity contribution in [3.8, 4) is 17.2 Å². The molecule has 2 heterocycles. The molecule has 0 aromatic heterocycles. The number of phenolic OH excluding ortho intramolecular Hbond substituents is 1. The number of aliphatic hydroxyl groups is 1. The number of rotatable bonds is 4. The highest BCUT2D eigenvalue weighted by atomic mass is 16.5. The molecule has 30 heavy (non-hydrogen) atoms. The molecule has 2 aromatic carbocycles. The molecule has 0 amide bonds. The summed E-state index contributed by atoms with van der Waals surface area (Å²) < 4.78 is 11.7. The van der Waals surface area contributed by atoms with Crippen LogP contribution in [0, 0.1) is 5.92 Å². The molecular formula is C24H26O6. The number of phenols is 1. The molecular weight excluding hydrogens is 384 g/mol. The van der Waals surface area contributed by atoms with Crippen LogP contribution in [0.15, 0.2) is 30.3 Å². The molecule has 6 heteroatoms. The number of hydrogen-bond acceptors (Lipinski definition) is 6. The lowest BCUT2D eigenvalue weighted by molar-refractivity contribution is -0.135. The summed E-state index contributed by atoms with van der Waals surface area (Å²) in [6, 6.07) is 9.49. The monoisotopic (exact) mass is 410 g/mol. The minimum Gasteiger partial charge on any atom is -0.507 e. The van der Waals surface area contributed by atoms with Gasteiger partial charge in [-0.05, 0) is 19.4 Å². The molecule has 0 bridgehead atoms. The maximum atomic E-state index is 13.0. The Kier molecular flexibility index (Phi) is 4.85. The Morgan fingerprint density at radius 1 is 1.13 bits per heavy atom. The third-order valence-electron chi connectivity index (χ3n) is 5.86. The van der Waals surface area contributed by atoms with Crippen LogP contribution in [0.1, 0.15) is 67.1 Å². The summed E-state index contributed by atoms with van der Waals surface area (Å²) in [6.45, 7) is 6.75. The van der Waals surface area contributed by atoms with Crippen molar-refractivity contribution >= 4 is 11.8 Å². The molecule has 2 aliphatic heterocycles. The number of benzene rings is 2. The second-order valence-electron chi connectivity index (χ2n) is 8.90. The van der Waals surface area contributed by atoms with E-state index in [2.05, 4.69) is 0 Å². The van der Waals surface area contributed by atoms with E-state index >= 15 is 0 Å². The predicted octanol–water partition coefficient (Wildman–Crippen LogP) is 3.75. The average Bonchev–Trinajstić information content (AvgIpc) is 3.14. The van der Waals surface area contributed by atoms with Crippen LogP contribution in [-0.2, 0) is 11.2 Å². The standard InChI is InChI=1S/C24H26O6/c1-12(2)20(26)19-21(27)15-10-16(24(3,4)28)29-22(15)18-14(11-17(25)30-23(18)19)13-8-6-5-7-9-13/h5-9,12,14,16,27-28H,10-11H2,1-4H3. The lowest BCUT2D eigenvalue weighted by Gasteiger charge is -2.30. The lowest BCUT2D eigenvalue weighted by Crippen LogP contribution is -2.39. The van der Waals surface area contributed by atoms with E-state index in [1.165, 1.54) is 0 Å². The fourth-order valence-corrected chi connectivity index (χ4v) is 4.19. The molecule has 0 aliphatic carbocycles. The molecule has 2 aromatic rings. The van der Waals surface area contributed by atoms with Gasteiger partial charge in [-0.1, -0.05) is 44.2 Å². The van der Waals surface area contributed by atoms with Gasteiger partial charge in [0.05, 0.1) is 12.0 Å². The lowest BCUT2D eigenvalue weighted by atomic mass is 9.81.